The lowest BCUT2D eigenvalue weighted by atomic mass is 9.94. The Balaban J connectivity index is 1.53. The molecular formula is C17H30BrNO. The standard InChI is InChI=1S/C17H30BrNO/c18-12-13-19(15-6-2-1-3-7-15)14-16-8-11-17(20-16)9-4-5-10-17/h15-16H,1-14H2. The minimum atomic E-state index is 0.303. The third-order valence-electron chi connectivity index (χ3n) is 5.75. The van der Waals surface area contributed by atoms with E-state index in [1.165, 1.54) is 83.7 Å². The second kappa shape index (κ2) is 7.11. The normalized spacial score (nSPS) is 30.6. The Bertz CT molecular complexity index is 297. The van der Waals surface area contributed by atoms with E-state index in [0.29, 0.717) is 11.7 Å². The van der Waals surface area contributed by atoms with Gasteiger partial charge in [0, 0.05) is 24.5 Å². The molecule has 2 aliphatic carbocycles. The Morgan fingerprint density at radius 2 is 1.70 bits per heavy atom. The smallest absolute Gasteiger partial charge is 0.0710 e. The van der Waals surface area contributed by atoms with Gasteiger partial charge in [-0.1, -0.05) is 48.0 Å². The van der Waals surface area contributed by atoms with Gasteiger partial charge < -0.3 is 4.74 Å². The van der Waals surface area contributed by atoms with Gasteiger partial charge in [0.15, 0.2) is 0 Å². The molecule has 1 spiro atoms. The predicted octanol–water partition coefficient (Wildman–Crippen LogP) is 4.51. The molecule has 1 saturated heterocycles. The molecule has 1 aliphatic heterocycles. The van der Waals surface area contributed by atoms with Gasteiger partial charge in [-0.05, 0) is 38.5 Å². The Labute approximate surface area is 132 Å². The number of halogens is 1. The number of hydrogen-bond acceptors (Lipinski definition) is 2. The Morgan fingerprint density at radius 1 is 0.950 bits per heavy atom. The summed E-state index contributed by atoms with van der Waals surface area (Å²) in [6, 6.07) is 0.824. The topological polar surface area (TPSA) is 12.5 Å². The maximum Gasteiger partial charge on any atom is 0.0710 e. The van der Waals surface area contributed by atoms with E-state index in [1.54, 1.807) is 0 Å². The first kappa shape index (κ1) is 15.3. The summed E-state index contributed by atoms with van der Waals surface area (Å²) in [4.78, 5) is 2.73. The van der Waals surface area contributed by atoms with Crippen molar-refractivity contribution < 1.29 is 4.74 Å². The second-order valence-electron chi connectivity index (χ2n) is 7.14. The molecule has 1 atom stereocenters. The summed E-state index contributed by atoms with van der Waals surface area (Å²) in [6.45, 7) is 2.37. The van der Waals surface area contributed by atoms with Gasteiger partial charge in [-0.25, -0.2) is 0 Å². The lowest BCUT2D eigenvalue weighted by Gasteiger charge is -2.36. The van der Waals surface area contributed by atoms with Crippen LogP contribution in [0.15, 0.2) is 0 Å². The van der Waals surface area contributed by atoms with Crippen LogP contribution in [0, 0.1) is 0 Å². The van der Waals surface area contributed by atoms with Crippen molar-refractivity contribution in [3.63, 3.8) is 0 Å². The number of rotatable bonds is 5. The quantitative estimate of drug-likeness (QED) is 0.681. The van der Waals surface area contributed by atoms with E-state index >= 15 is 0 Å². The van der Waals surface area contributed by atoms with Gasteiger partial charge in [-0.2, -0.15) is 0 Å². The van der Waals surface area contributed by atoms with Crippen LogP contribution >= 0.6 is 15.9 Å². The maximum absolute atomic E-state index is 6.52. The molecule has 0 aromatic heterocycles. The van der Waals surface area contributed by atoms with Crippen molar-refractivity contribution in [2.24, 2.45) is 0 Å². The highest BCUT2D eigenvalue weighted by molar-refractivity contribution is 9.09. The number of ether oxygens (including phenoxy) is 1. The highest BCUT2D eigenvalue weighted by Gasteiger charge is 2.42. The van der Waals surface area contributed by atoms with Crippen molar-refractivity contribution in [1.29, 1.82) is 0 Å². The van der Waals surface area contributed by atoms with Crippen LogP contribution in [0.5, 0.6) is 0 Å². The predicted molar refractivity (Wildman–Crippen MR) is 87.5 cm³/mol. The van der Waals surface area contributed by atoms with Crippen LogP contribution in [0.25, 0.3) is 0 Å². The summed E-state index contributed by atoms with van der Waals surface area (Å²) < 4.78 is 6.52. The zero-order valence-corrected chi connectivity index (χ0v) is 14.4. The first-order valence-corrected chi connectivity index (χ1v) is 9.91. The third-order valence-corrected chi connectivity index (χ3v) is 6.11. The number of hydrogen-bond donors (Lipinski definition) is 0. The zero-order chi connectivity index (χ0) is 13.8. The van der Waals surface area contributed by atoms with Gasteiger partial charge in [-0.3, -0.25) is 4.90 Å². The molecule has 0 amide bonds. The van der Waals surface area contributed by atoms with Gasteiger partial charge in [0.1, 0.15) is 0 Å². The Hall–Kier alpha value is 0.400. The molecule has 20 heavy (non-hydrogen) atoms. The largest absolute Gasteiger partial charge is 0.370 e. The van der Waals surface area contributed by atoms with Gasteiger partial charge in [0.05, 0.1) is 11.7 Å². The van der Waals surface area contributed by atoms with Crippen molar-refractivity contribution in [1.82, 2.24) is 4.90 Å². The summed E-state index contributed by atoms with van der Waals surface area (Å²) in [5.41, 5.74) is 0.303. The first-order chi connectivity index (χ1) is 9.81. The first-order valence-electron chi connectivity index (χ1n) is 8.79. The van der Waals surface area contributed by atoms with Gasteiger partial charge in [0.25, 0.3) is 0 Å². The molecule has 2 saturated carbocycles. The fraction of sp³-hybridized carbons (Fsp3) is 1.00. The molecule has 1 unspecified atom stereocenters. The van der Waals surface area contributed by atoms with Crippen LogP contribution in [0.1, 0.15) is 70.6 Å². The molecule has 1 heterocycles. The molecule has 3 heteroatoms. The minimum absolute atomic E-state index is 0.303. The molecule has 2 nitrogen and oxygen atoms in total. The second-order valence-corrected chi connectivity index (χ2v) is 7.94. The van der Waals surface area contributed by atoms with Crippen molar-refractivity contribution in [3.8, 4) is 0 Å². The van der Waals surface area contributed by atoms with E-state index in [1.807, 2.05) is 0 Å². The van der Waals surface area contributed by atoms with Crippen LogP contribution in [0.2, 0.25) is 0 Å². The van der Waals surface area contributed by atoms with Crippen LogP contribution in [0.3, 0.4) is 0 Å². The zero-order valence-electron chi connectivity index (χ0n) is 12.8. The third kappa shape index (κ3) is 3.59. The highest BCUT2D eigenvalue weighted by Crippen LogP contribution is 2.43. The lowest BCUT2D eigenvalue weighted by molar-refractivity contribution is -0.0521. The fourth-order valence-corrected chi connectivity index (χ4v) is 5.11. The van der Waals surface area contributed by atoms with E-state index in [9.17, 15) is 0 Å². The fourth-order valence-electron chi connectivity index (χ4n) is 4.65. The van der Waals surface area contributed by atoms with Crippen molar-refractivity contribution in [3.05, 3.63) is 0 Å². The summed E-state index contributed by atoms with van der Waals surface area (Å²) in [6.07, 6.45) is 15.7. The minimum Gasteiger partial charge on any atom is -0.370 e. The molecule has 0 bridgehead atoms. The van der Waals surface area contributed by atoms with Gasteiger partial charge in [0.2, 0.25) is 0 Å². The van der Waals surface area contributed by atoms with Gasteiger partial charge in [-0.15, -0.1) is 0 Å². The van der Waals surface area contributed by atoms with Gasteiger partial charge >= 0.3 is 0 Å². The SMILES string of the molecule is BrCCN(CC1CCC2(CCCC2)O1)C1CCCCC1. The van der Waals surface area contributed by atoms with E-state index in [0.717, 1.165) is 11.4 Å². The van der Waals surface area contributed by atoms with E-state index < -0.39 is 0 Å². The molecule has 0 aromatic rings. The van der Waals surface area contributed by atoms with E-state index in [-0.39, 0.29) is 0 Å². The molecular weight excluding hydrogens is 314 g/mol. The highest BCUT2D eigenvalue weighted by atomic mass is 79.9. The average Bonchev–Trinajstić information content (AvgIpc) is 3.10. The molecule has 0 N–H and O–H groups in total. The summed E-state index contributed by atoms with van der Waals surface area (Å²) in [5, 5.41) is 1.10. The Kier molecular flexibility index (Phi) is 5.44. The summed E-state index contributed by atoms with van der Waals surface area (Å²) in [5.74, 6) is 0. The summed E-state index contributed by atoms with van der Waals surface area (Å²) in [7, 11) is 0. The summed E-state index contributed by atoms with van der Waals surface area (Å²) >= 11 is 3.64. The van der Waals surface area contributed by atoms with Crippen molar-refractivity contribution in [2.45, 2.75) is 88.4 Å². The lowest BCUT2D eigenvalue weighted by Crippen LogP contribution is -2.43. The molecule has 3 fully saturated rings. The monoisotopic (exact) mass is 343 g/mol. The van der Waals surface area contributed by atoms with E-state index in [2.05, 4.69) is 20.8 Å². The van der Waals surface area contributed by atoms with E-state index in [4.69, 9.17) is 4.74 Å². The van der Waals surface area contributed by atoms with Crippen LogP contribution < -0.4 is 0 Å². The van der Waals surface area contributed by atoms with Crippen LogP contribution in [-0.2, 0) is 4.74 Å². The number of alkyl halides is 1. The van der Waals surface area contributed by atoms with Crippen LogP contribution in [-0.4, -0.2) is 41.1 Å². The molecule has 0 radical (unpaired) electrons. The molecule has 3 aliphatic rings. The van der Waals surface area contributed by atoms with Crippen LogP contribution in [0.4, 0.5) is 0 Å². The Morgan fingerprint density at radius 3 is 2.40 bits per heavy atom. The molecule has 0 aromatic carbocycles. The van der Waals surface area contributed by atoms with Crippen molar-refractivity contribution in [2.75, 3.05) is 18.4 Å². The molecule has 3 rings (SSSR count). The average molecular weight is 344 g/mol. The van der Waals surface area contributed by atoms with Crippen molar-refractivity contribution >= 4 is 15.9 Å². The number of nitrogens with zero attached hydrogens (tertiary/aromatic N) is 1. The molecule has 116 valence electrons. The maximum atomic E-state index is 6.52.